The van der Waals surface area contributed by atoms with Crippen LogP contribution in [0, 0.1) is 0 Å². The first-order chi connectivity index (χ1) is 14.5. The first-order valence-electron chi connectivity index (χ1n) is 9.88. The Morgan fingerprint density at radius 3 is 2.87 bits per heavy atom. The fraction of sp³-hybridized carbons (Fsp3) is 0.450. The summed E-state index contributed by atoms with van der Waals surface area (Å²) in [7, 11) is 0. The van der Waals surface area contributed by atoms with Gasteiger partial charge in [0.2, 0.25) is 5.91 Å². The van der Waals surface area contributed by atoms with Gasteiger partial charge in [-0.2, -0.15) is 0 Å². The first kappa shape index (κ1) is 21.0. The van der Waals surface area contributed by atoms with E-state index in [0.717, 1.165) is 17.1 Å². The highest BCUT2D eigenvalue weighted by Crippen LogP contribution is 2.34. The summed E-state index contributed by atoms with van der Waals surface area (Å²) >= 11 is 7.26. The molecule has 0 bridgehead atoms. The number of hydroxylamine groups is 2. The zero-order valence-electron chi connectivity index (χ0n) is 16.5. The second kappa shape index (κ2) is 9.28. The minimum Gasteiger partial charge on any atom is -0.442 e. The minimum atomic E-state index is -0.421. The third-order valence-corrected chi connectivity index (χ3v) is 6.48. The molecule has 0 aromatic heterocycles. The number of amides is 2. The summed E-state index contributed by atoms with van der Waals surface area (Å²) in [5.74, 6) is 0.695. The smallest absolute Gasteiger partial charge is 0.414 e. The van der Waals surface area contributed by atoms with Gasteiger partial charge in [-0.1, -0.05) is 17.7 Å². The van der Waals surface area contributed by atoms with Crippen molar-refractivity contribution in [3.63, 3.8) is 0 Å². The molecule has 2 atom stereocenters. The number of anilines is 1. The van der Waals surface area contributed by atoms with Crippen molar-refractivity contribution in [3.05, 3.63) is 40.3 Å². The number of benzene rings is 1. The molecule has 1 aromatic carbocycles. The number of halogens is 1. The fourth-order valence-electron chi connectivity index (χ4n) is 3.47. The van der Waals surface area contributed by atoms with Crippen molar-refractivity contribution in [2.45, 2.75) is 24.7 Å². The third-order valence-electron chi connectivity index (χ3n) is 4.98. The zero-order chi connectivity index (χ0) is 21.1. The van der Waals surface area contributed by atoms with Crippen LogP contribution in [-0.2, 0) is 14.4 Å². The molecular weight excluding hydrogens is 428 g/mol. The number of thioether (sulfide) groups is 1. The van der Waals surface area contributed by atoms with Gasteiger partial charge in [0.25, 0.3) is 0 Å². The molecule has 1 unspecified atom stereocenters. The number of hydrogen-bond acceptors (Lipinski definition) is 7. The number of nitrogens with zero attached hydrogens (tertiary/aromatic N) is 3. The Morgan fingerprint density at radius 1 is 1.37 bits per heavy atom. The molecule has 1 fully saturated rings. The van der Waals surface area contributed by atoms with Gasteiger partial charge in [0.05, 0.1) is 35.9 Å². The Balaban J connectivity index is 1.34. The summed E-state index contributed by atoms with van der Waals surface area (Å²) in [6, 6.07) is 7.57. The van der Waals surface area contributed by atoms with Crippen LogP contribution in [0.1, 0.15) is 18.9 Å². The van der Waals surface area contributed by atoms with Crippen LogP contribution in [0.3, 0.4) is 0 Å². The van der Waals surface area contributed by atoms with Crippen molar-refractivity contribution in [2.24, 2.45) is 4.99 Å². The number of nitrogens with one attached hydrogen (secondary N) is 1. The highest BCUT2D eigenvalue weighted by Gasteiger charge is 2.33. The molecular formula is C20H23ClN4O4S. The highest BCUT2D eigenvalue weighted by atomic mass is 35.5. The van der Waals surface area contributed by atoms with E-state index in [1.165, 1.54) is 11.8 Å². The van der Waals surface area contributed by atoms with Crippen LogP contribution in [0.2, 0.25) is 0 Å². The largest absolute Gasteiger partial charge is 0.442 e. The standard InChI is InChI=1S/C20H23ClN4O4S/c1-2-25-18(22-9-10-28-25)13-3-5-14(6-4-13)24-12-15(29-20(24)27)11-23-19(26)16-7-8-17(21)30-16/h3-6,8,15-16H,2,7,9-12H2,1H3,(H,23,26)/t15-,16?/m0/s1. The molecule has 1 saturated heterocycles. The van der Waals surface area contributed by atoms with Gasteiger partial charge in [-0.25, -0.2) is 9.86 Å². The van der Waals surface area contributed by atoms with Crippen molar-refractivity contribution in [3.8, 4) is 0 Å². The Labute approximate surface area is 184 Å². The van der Waals surface area contributed by atoms with Crippen LogP contribution in [0.25, 0.3) is 0 Å². The normalized spacial score (nSPS) is 23.9. The molecule has 8 nitrogen and oxygen atoms in total. The van der Waals surface area contributed by atoms with Crippen LogP contribution in [-0.4, -0.2) is 67.0 Å². The molecule has 4 rings (SSSR count). The molecule has 30 heavy (non-hydrogen) atoms. The maximum absolute atomic E-state index is 12.3. The highest BCUT2D eigenvalue weighted by molar-refractivity contribution is 8.06. The van der Waals surface area contributed by atoms with Crippen molar-refractivity contribution < 1.29 is 19.2 Å². The number of carbonyl (C=O) groups excluding carboxylic acids is 2. The van der Waals surface area contributed by atoms with Gasteiger partial charge in [-0.15, -0.1) is 11.8 Å². The zero-order valence-corrected chi connectivity index (χ0v) is 18.1. The van der Waals surface area contributed by atoms with E-state index in [-0.39, 0.29) is 17.7 Å². The van der Waals surface area contributed by atoms with Crippen LogP contribution in [0.5, 0.6) is 0 Å². The van der Waals surface area contributed by atoms with Crippen LogP contribution >= 0.6 is 23.4 Å². The van der Waals surface area contributed by atoms with Crippen molar-refractivity contribution in [1.82, 2.24) is 10.4 Å². The fourth-order valence-corrected chi connectivity index (χ4v) is 4.73. The minimum absolute atomic E-state index is 0.0956. The molecule has 0 radical (unpaired) electrons. The van der Waals surface area contributed by atoms with Crippen LogP contribution in [0.15, 0.2) is 39.7 Å². The van der Waals surface area contributed by atoms with E-state index in [4.69, 9.17) is 21.2 Å². The molecule has 3 aliphatic heterocycles. The molecule has 0 aliphatic carbocycles. The SMILES string of the molecule is CCN1OCCN=C1c1ccc(N2C[C@H](CNC(=O)C3CC=C(Cl)S3)OC2=O)cc1. The van der Waals surface area contributed by atoms with Crippen LogP contribution in [0.4, 0.5) is 10.5 Å². The number of aliphatic imine (C=N–C) groups is 1. The Kier molecular flexibility index (Phi) is 6.50. The van der Waals surface area contributed by atoms with Crippen molar-refractivity contribution in [1.29, 1.82) is 0 Å². The number of ether oxygens (including phenoxy) is 1. The van der Waals surface area contributed by atoms with E-state index in [9.17, 15) is 9.59 Å². The Morgan fingerprint density at radius 2 is 2.17 bits per heavy atom. The van der Waals surface area contributed by atoms with Crippen LogP contribution < -0.4 is 10.2 Å². The summed E-state index contributed by atoms with van der Waals surface area (Å²) in [6.07, 6.45) is 1.63. The van der Waals surface area contributed by atoms with E-state index in [0.29, 0.717) is 37.0 Å². The monoisotopic (exact) mass is 450 g/mol. The summed E-state index contributed by atoms with van der Waals surface area (Å²) in [6.45, 7) is 4.56. The predicted octanol–water partition coefficient (Wildman–Crippen LogP) is 2.73. The predicted molar refractivity (Wildman–Crippen MR) is 117 cm³/mol. The molecule has 10 heteroatoms. The lowest BCUT2D eigenvalue weighted by Gasteiger charge is -2.27. The van der Waals surface area contributed by atoms with Gasteiger partial charge < -0.3 is 10.1 Å². The summed E-state index contributed by atoms with van der Waals surface area (Å²) in [5, 5.41) is 4.41. The topological polar surface area (TPSA) is 83.5 Å². The molecule has 3 heterocycles. The number of allylic oxidation sites excluding steroid dienone is 1. The van der Waals surface area contributed by atoms with E-state index in [1.807, 2.05) is 37.3 Å². The molecule has 3 aliphatic rings. The van der Waals surface area contributed by atoms with E-state index >= 15 is 0 Å². The van der Waals surface area contributed by atoms with Gasteiger partial charge in [0, 0.05) is 17.8 Å². The average molecular weight is 451 g/mol. The van der Waals surface area contributed by atoms with Gasteiger partial charge in [0.15, 0.2) is 5.84 Å². The van der Waals surface area contributed by atoms with E-state index < -0.39 is 12.2 Å². The first-order valence-corrected chi connectivity index (χ1v) is 11.1. The number of amidine groups is 1. The van der Waals surface area contributed by atoms with E-state index in [1.54, 1.807) is 9.96 Å². The summed E-state index contributed by atoms with van der Waals surface area (Å²) in [5.41, 5.74) is 1.67. The molecule has 2 amide bonds. The van der Waals surface area contributed by atoms with Gasteiger partial charge in [-0.3, -0.25) is 19.5 Å². The van der Waals surface area contributed by atoms with Gasteiger partial charge >= 0.3 is 6.09 Å². The molecule has 160 valence electrons. The second-order valence-corrected chi connectivity index (χ2v) is 8.87. The third kappa shape index (κ3) is 4.58. The van der Waals surface area contributed by atoms with Crippen molar-refractivity contribution >= 4 is 46.9 Å². The van der Waals surface area contributed by atoms with Crippen molar-refractivity contribution in [2.75, 3.05) is 37.7 Å². The van der Waals surface area contributed by atoms with Gasteiger partial charge in [-0.05, 0) is 37.6 Å². The average Bonchev–Trinajstić information content (AvgIpc) is 3.37. The molecule has 1 aromatic rings. The lowest BCUT2D eigenvalue weighted by molar-refractivity contribution is -0.120. The number of cyclic esters (lactones) is 1. The lowest BCUT2D eigenvalue weighted by Crippen LogP contribution is -2.38. The summed E-state index contributed by atoms with van der Waals surface area (Å²) < 4.78 is 6.06. The maximum atomic E-state index is 12.3. The number of carbonyl (C=O) groups is 2. The molecule has 0 saturated carbocycles. The van der Waals surface area contributed by atoms with E-state index in [2.05, 4.69) is 10.3 Å². The second-order valence-electron chi connectivity index (χ2n) is 6.99. The number of rotatable bonds is 6. The molecule has 1 N–H and O–H groups in total. The van der Waals surface area contributed by atoms with Gasteiger partial charge in [0.1, 0.15) is 6.10 Å². The molecule has 0 spiro atoms. The summed E-state index contributed by atoms with van der Waals surface area (Å²) in [4.78, 5) is 36.3. The Hall–Kier alpha value is -2.23. The Bertz CT molecular complexity index is 876. The lowest BCUT2D eigenvalue weighted by atomic mass is 10.1. The number of hydrogen-bond donors (Lipinski definition) is 1. The quantitative estimate of drug-likeness (QED) is 0.717. The maximum Gasteiger partial charge on any atom is 0.414 e.